The van der Waals surface area contributed by atoms with Crippen LogP contribution in [-0.2, 0) is 35.3 Å². The molecule has 50 heteroatoms. The maximum atomic E-state index is 11.0. The van der Waals surface area contributed by atoms with E-state index in [1.165, 1.54) is 83.5 Å². The van der Waals surface area contributed by atoms with Gasteiger partial charge in [-0.1, -0.05) is 178 Å². The summed E-state index contributed by atoms with van der Waals surface area (Å²) in [7, 11) is -3.11. The topological polar surface area (TPSA) is 634 Å². The minimum Gasteiger partial charge on any atom is -0.481 e. The van der Waals surface area contributed by atoms with Crippen molar-refractivity contribution in [1.82, 2.24) is 56.5 Å². The minimum absolute atomic E-state index is 0. The molecule has 7 aliphatic carbocycles. The van der Waals surface area contributed by atoms with Crippen molar-refractivity contribution in [3.8, 4) is 0 Å². The summed E-state index contributed by atoms with van der Waals surface area (Å²) >= 11 is 20.8. The number of rotatable bonds is 38. The van der Waals surface area contributed by atoms with Crippen molar-refractivity contribution >= 4 is 142 Å². The van der Waals surface area contributed by atoms with Crippen molar-refractivity contribution in [2.75, 3.05) is 65.6 Å². The summed E-state index contributed by atoms with van der Waals surface area (Å²) in [5.74, 6) is 3.26. The fraction of sp³-hybridized carbons (Fsp3) is 0.843. The van der Waals surface area contributed by atoms with Crippen LogP contribution in [0, 0.1) is 56.3 Å². The Kier molecular flexibility index (Phi) is 72.0. The average molecular weight is 1990 g/mol. The second-order valence-corrected chi connectivity index (χ2v) is 39.2. The molecule has 2 aromatic heterocycles. The lowest BCUT2D eigenvalue weighted by molar-refractivity contribution is -0.223. The Hall–Kier alpha value is -5.27. The molecule has 0 aromatic carbocycles. The first-order chi connectivity index (χ1) is 62.4. The zero-order valence-corrected chi connectivity index (χ0v) is 84.5. The number of aliphatic imine (C=N–C) groups is 1. The molecule has 0 spiro atoms. The van der Waals surface area contributed by atoms with Crippen LogP contribution in [0.3, 0.4) is 0 Å². The molecular weight excluding hydrogens is 1830 g/mol. The van der Waals surface area contributed by atoms with Crippen molar-refractivity contribution in [1.29, 1.82) is 0 Å². The van der Waals surface area contributed by atoms with Crippen LogP contribution < -0.4 is 60.2 Å². The molecule has 7 aliphatic rings. The molecule has 0 radical (unpaired) electrons. The Labute approximate surface area is 817 Å². The van der Waals surface area contributed by atoms with Gasteiger partial charge in [-0.05, 0) is 256 Å². The number of nitrogens with two attached hydrogens (primary N) is 4. The molecule has 7 saturated carbocycles. The van der Waals surface area contributed by atoms with Crippen LogP contribution in [0.5, 0.6) is 0 Å². The van der Waals surface area contributed by atoms with Gasteiger partial charge in [0.15, 0.2) is 11.7 Å². The Balaban J connectivity index is 0. The number of aromatic amines is 1. The van der Waals surface area contributed by atoms with Crippen molar-refractivity contribution in [3.63, 3.8) is 0 Å². The van der Waals surface area contributed by atoms with Crippen LogP contribution >= 0.6 is 58.8 Å². The molecule has 1 amide bonds. The molecule has 0 atom stereocenters. The summed E-state index contributed by atoms with van der Waals surface area (Å²) < 4.78 is 8.98. The smallest absolute Gasteiger partial charge is 0.438 e. The number of amides is 1. The maximum absolute atomic E-state index is 11.0. The van der Waals surface area contributed by atoms with Gasteiger partial charge in [0.25, 0.3) is 0 Å². The van der Waals surface area contributed by atoms with E-state index in [0.29, 0.717) is 95.1 Å². The highest BCUT2D eigenvalue weighted by atomic mass is 35.5. The molecule has 39 nitrogen and oxygen atoms in total. The quantitative estimate of drug-likeness (QED) is 0.00342. The van der Waals surface area contributed by atoms with E-state index in [4.69, 9.17) is 101 Å². The van der Waals surface area contributed by atoms with Gasteiger partial charge >= 0.3 is 65.4 Å². The third-order valence-electron chi connectivity index (χ3n) is 24.6. The molecule has 0 aliphatic heterocycles. The van der Waals surface area contributed by atoms with Crippen LogP contribution in [0.2, 0.25) is 56.8 Å². The number of hydrogen-bond donors (Lipinski definition) is 22. The molecule has 0 bridgehead atoms. The number of aliphatic carboxylic acids is 2. The predicted octanol–water partition coefficient (Wildman–Crippen LogP) is 11.9. The van der Waals surface area contributed by atoms with Gasteiger partial charge < -0.3 is 119 Å². The number of aromatic nitrogens is 5. The average Bonchev–Trinajstić information content (AvgIpc) is 1.62. The van der Waals surface area contributed by atoms with Crippen molar-refractivity contribution < 1.29 is 94.2 Å². The summed E-state index contributed by atoms with van der Waals surface area (Å²) in [5.41, 5.74) is 15.8. The van der Waals surface area contributed by atoms with Gasteiger partial charge in [-0.3, -0.25) is 23.9 Å². The summed E-state index contributed by atoms with van der Waals surface area (Å²) in [4.78, 5) is 83.7. The number of H-pyrrole nitrogens is 1. The van der Waals surface area contributed by atoms with E-state index in [9.17, 15) is 59.3 Å². The lowest BCUT2D eigenvalue weighted by Gasteiger charge is -2.37. The first-order valence-corrected chi connectivity index (χ1v) is 48.5. The van der Waals surface area contributed by atoms with E-state index >= 15 is 0 Å². The van der Waals surface area contributed by atoms with Crippen molar-refractivity contribution in [3.05, 3.63) is 43.6 Å². The van der Waals surface area contributed by atoms with E-state index in [0.717, 1.165) is 167 Å². The lowest BCUT2D eigenvalue weighted by Crippen LogP contribution is -2.44. The molecule has 0 unspecified atom stereocenters. The third-order valence-corrected chi connectivity index (χ3v) is 25.3. The Morgan fingerprint density at radius 3 is 1.08 bits per heavy atom. The summed E-state index contributed by atoms with van der Waals surface area (Å²) in [5, 5.41) is 126. The number of amidine groups is 2. The van der Waals surface area contributed by atoms with E-state index in [2.05, 4.69) is 91.8 Å². The van der Waals surface area contributed by atoms with Crippen LogP contribution in [0.25, 0.3) is 4.85 Å². The SMILES string of the molecule is CB(O)NCC1(CC(=O)O)CCCCC1.CB(O)NCC1(CC(N)=NO)CCCCC1.CB(O)NCC1(CC(N)=O)CCCCC1.CB(O)NCC1(CC(N=COOCC(C)C)=NO)CCCCC1.CB(O)NCC1(Cc2noc(=O)[nH]2)CCCCC1.CC(C)COC(=O)Cl.Cl.Clc1nc(Cl)nc(Cl)n1.NCC1(CC(=O)O)CCCCC1.NO.[C-]#[N+]CC1(CNB(C)O)CCCCC1. The monoisotopic (exact) mass is 1990 g/mol. The zero-order valence-electron chi connectivity index (χ0n) is 80.7. The Morgan fingerprint density at radius 2 is 0.797 bits per heavy atom. The Morgan fingerprint density at radius 1 is 0.496 bits per heavy atom. The summed E-state index contributed by atoms with van der Waals surface area (Å²) in [6, 6.07) is 0. The third kappa shape index (κ3) is 63.8. The predicted molar refractivity (Wildman–Crippen MR) is 532 cm³/mol. The fourth-order valence-corrected chi connectivity index (χ4v) is 18.5. The van der Waals surface area contributed by atoms with E-state index in [1.807, 2.05) is 27.7 Å². The number of primary amides is 1. The van der Waals surface area contributed by atoms with E-state index in [-0.39, 0.29) is 90.7 Å². The first-order valence-electron chi connectivity index (χ1n) is 47.0. The number of hydrogen-bond acceptors (Lipinski definition) is 32. The number of nitrogens with zero attached hydrogens (tertiary/aromatic N) is 8. The Bertz CT molecular complexity index is 3480. The number of carboxylic acids is 2. The summed E-state index contributed by atoms with van der Waals surface area (Å²) in [6.45, 7) is 31.3. The fourth-order valence-electron chi connectivity index (χ4n) is 17.8. The standard InChI is InChI=1S/C15H30BN3O4.C11H20BN3O3.C10H22BN3O2.C10H21BN2O2.C10H19BN2O.C10H20BNO3.C9H17NO2.C5H9ClO2.C3Cl3N3.ClH.H3NO/c1-13(2)10-22-23-12-17-14(19-21)9-15(11-18-16(3)20)7-5-4-6-8-15;1-12(17)13-8-11(5-3-2-4-6-11)7-9-14-10(16)18-15-9;1-11(15)13-8-10(7-9(12)14-16)5-3-2-4-6-10;1-11(15)13-8-10(7-9(12)14)5-3-2-4-6-10;1-11(14)13-9-10(8-12-2)6-4-3-5-7-10;1-11(15)12-8-10(7-9(13)14)5-3-2-4-6-10;10-7-9(6-8(11)12)4-2-1-3-5-9;1-4(2)3-8-5(6)7;4-1-7-2(5)9-3(6)8-1;;1-2/h12-13,18,20-21H,4-11H2,1-3H3;13,17H,2-8H2,1H3,(H,14,15,16);13,15-16H,2-8H2,1H3,(H2,12,14);13,15H,2-8H2,1H3,(H2,12,14);13-14H,3-9H2,1H3;12,15H,2-8H2,1H3,(H,13,14);1-7,10H2,(H,11,12);4H,3H2,1-2H3;;1H;2H,1H2. The van der Waals surface area contributed by atoms with Gasteiger partial charge in [-0.25, -0.2) is 22.1 Å². The van der Waals surface area contributed by atoms with Crippen LogP contribution in [0.4, 0.5) is 4.79 Å². The zero-order chi connectivity index (χ0) is 99.7. The molecule has 2 aromatic rings. The minimum atomic E-state index is -0.732. The van der Waals surface area contributed by atoms with Crippen LogP contribution in [-0.4, -0.2) is 230 Å². The van der Waals surface area contributed by atoms with Crippen molar-refractivity contribution in [2.24, 2.45) is 88.1 Å². The molecule has 0 saturated heterocycles. The lowest BCUT2D eigenvalue weighted by atomic mass is 9.70. The largest absolute Gasteiger partial charge is 0.481 e. The molecule has 133 heavy (non-hydrogen) atoms. The molecule has 762 valence electrons. The number of carboxylic acid groups (broad SMARTS) is 2. The van der Waals surface area contributed by atoms with Crippen LogP contribution in [0.1, 0.15) is 290 Å². The van der Waals surface area contributed by atoms with Gasteiger partial charge in [-0.15, -0.1) is 12.4 Å². The van der Waals surface area contributed by atoms with E-state index in [1.54, 1.807) is 40.9 Å². The normalized spacial score (nSPS) is 18.1. The second kappa shape index (κ2) is 73.8. The van der Waals surface area contributed by atoms with Crippen LogP contribution in [0.15, 0.2) is 24.6 Å². The number of carbonyl (C=O) groups is 4. The van der Waals surface area contributed by atoms with E-state index < -0.39 is 65.4 Å². The van der Waals surface area contributed by atoms with Gasteiger partial charge in [0.2, 0.25) is 34.7 Å². The molecular formula is C83H162B6Cl5N19O20. The highest BCUT2D eigenvalue weighted by Gasteiger charge is 2.41. The maximum Gasteiger partial charge on any atom is 0.438 e. The van der Waals surface area contributed by atoms with Gasteiger partial charge in [0, 0.05) is 37.3 Å². The number of ether oxygens (including phenoxy) is 1. The molecule has 2 heterocycles. The highest BCUT2D eigenvalue weighted by Crippen LogP contribution is 2.44. The molecule has 26 N–H and O–H groups in total. The molecule has 7 fully saturated rings. The second-order valence-electron chi connectivity index (χ2n) is 37.8. The van der Waals surface area contributed by atoms with Gasteiger partial charge in [0.05, 0.1) is 31.5 Å². The number of oxime groups is 2. The first kappa shape index (κ1) is 130. The number of carbonyl (C=O) groups excluding carboxylic acids is 2. The highest BCUT2D eigenvalue weighted by molar-refractivity contribution is 6.61. The van der Waals surface area contributed by atoms with Gasteiger partial charge in [-0.2, -0.15) is 24.8 Å². The number of nitrogens with one attached hydrogen (secondary N) is 7. The molecule has 9 rings (SSSR count). The number of halogens is 5. The van der Waals surface area contributed by atoms with Crippen molar-refractivity contribution in [2.45, 2.75) is 332 Å². The van der Waals surface area contributed by atoms with Gasteiger partial charge in [0.1, 0.15) is 5.84 Å². The summed E-state index contributed by atoms with van der Waals surface area (Å²) in [6.07, 6.45) is 43.5.